The third-order valence-electron chi connectivity index (χ3n) is 3.86. The summed E-state index contributed by atoms with van der Waals surface area (Å²) in [6, 6.07) is 0. The maximum atomic E-state index is 4.24. The second-order valence-electron chi connectivity index (χ2n) is 4.77. The second-order valence-corrected chi connectivity index (χ2v) is 4.77. The van der Waals surface area contributed by atoms with Crippen LogP contribution in [0.4, 0.5) is 0 Å². The maximum Gasteiger partial charge on any atom is 0.124 e. The molecule has 0 radical (unpaired) electrons. The van der Waals surface area contributed by atoms with Crippen LogP contribution >= 0.6 is 0 Å². The van der Waals surface area contributed by atoms with Crippen LogP contribution in [0.15, 0.2) is 23.2 Å². The normalized spacial score (nSPS) is 31.4. The van der Waals surface area contributed by atoms with Gasteiger partial charge in [0.25, 0.3) is 0 Å². The first kappa shape index (κ1) is 8.54. The molecule has 1 atom stereocenters. The Morgan fingerprint density at radius 1 is 1.36 bits per heavy atom. The molecule has 1 fully saturated rings. The molecule has 0 aromatic rings. The Kier molecular flexibility index (Phi) is 1.91. The molecule has 0 bridgehead atoms. The minimum absolute atomic E-state index is 0.804. The van der Waals surface area contributed by atoms with Gasteiger partial charge < -0.3 is 10.6 Å². The van der Waals surface area contributed by atoms with Gasteiger partial charge in [0.2, 0.25) is 0 Å². The van der Waals surface area contributed by atoms with Gasteiger partial charge in [-0.2, -0.15) is 0 Å². The van der Waals surface area contributed by atoms with Gasteiger partial charge in [-0.15, -0.1) is 0 Å². The summed E-state index contributed by atoms with van der Waals surface area (Å²) in [5.41, 5.74) is 8.85. The lowest BCUT2D eigenvalue weighted by Crippen LogP contribution is -2.52. The molecule has 0 aromatic heterocycles. The van der Waals surface area contributed by atoms with E-state index < -0.39 is 0 Å². The fraction of sp³-hybridized carbons (Fsp3) is 0.667. The van der Waals surface area contributed by atoms with E-state index in [0.29, 0.717) is 0 Å². The number of rotatable bonds is 0. The smallest absolute Gasteiger partial charge is 0.124 e. The van der Waals surface area contributed by atoms with Crippen molar-refractivity contribution in [3.8, 4) is 0 Å². The summed E-state index contributed by atoms with van der Waals surface area (Å²) in [4.78, 5) is 2.57. The number of hydrogen-bond acceptors (Lipinski definition) is 1. The van der Waals surface area contributed by atoms with E-state index >= 15 is 0 Å². The molecule has 1 saturated heterocycles. The molecule has 3 rings (SSSR count). The van der Waals surface area contributed by atoms with Gasteiger partial charge >= 0.3 is 0 Å². The van der Waals surface area contributed by atoms with Crippen molar-refractivity contribution < 1.29 is 5.73 Å². The van der Waals surface area contributed by atoms with Crippen molar-refractivity contribution in [2.45, 2.75) is 38.5 Å². The molecule has 2 nitrogen and oxygen atoms in total. The van der Waals surface area contributed by atoms with Gasteiger partial charge in [0.05, 0.1) is 5.70 Å². The Morgan fingerprint density at radius 2 is 2.29 bits per heavy atom. The first-order valence-corrected chi connectivity index (χ1v) is 5.88. The van der Waals surface area contributed by atoms with E-state index in [1.165, 1.54) is 50.8 Å². The Hall–Kier alpha value is -0.760. The molecule has 0 amide bonds. The molecule has 0 saturated carbocycles. The number of fused-ring (bicyclic) bond motifs is 3. The lowest BCUT2D eigenvalue weighted by atomic mass is 9.85. The van der Waals surface area contributed by atoms with Crippen molar-refractivity contribution in [1.29, 1.82) is 0 Å². The monoisotopic (exact) mass is 191 g/mol. The van der Waals surface area contributed by atoms with E-state index in [1.807, 2.05) is 0 Å². The van der Waals surface area contributed by atoms with Crippen LogP contribution in [0.5, 0.6) is 0 Å². The molecule has 2 aliphatic heterocycles. The molecule has 2 heterocycles. The number of nitrogens with zero attached hydrogens (tertiary/aromatic N) is 1. The molecule has 3 N–H and O–H groups in total. The van der Waals surface area contributed by atoms with Crippen molar-refractivity contribution in [3.05, 3.63) is 23.2 Å². The fourth-order valence-corrected chi connectivity index (χ4v) is 3.21. The molecule has 0 unspecified atom stereocenters. The maximum absolute atomic E-state index is 4.24. The third kappa shape index (κ3) is 1.13. The van der Waals surface area contributed by atoms with E-state index in [-0.39, 0.29) is 0 Å². The topological polar surface area (TPSA) is 30.9 Å². The highest BCUT2D eigenvalue weighted by atomic mass is 15.2. The summed E-state index contributed by atoms with van der Waals surface area (Å²) in [7, 11) is 0. The van der Waals surface area contributed by atoms with Gasteiger partial charge in [-0.25, -0.2) is 0 Å². The van der Waals surface area contributed by atoms with Gasteiger partial charge in [-0.1, -0.05) is 6.08 Å². The van der Waals surface area contributed by atoms with Crippen LogP contribution in [0.3, 0.4) is 0 Å². The summed E-state index contributed by atoms with van der Waals surface area (Å²) < 4.78 is 0. The summed E-state index contributed by atoms with van der Waals surface area (Å²) in [5.74, 6) is 0.804. The largest absolute Gasteiger partial charge is 0.344 e. The minimum atomic E-state index is 0.804. The minimum Gasteiger partial charge on any atom is -0.344 e. The van der Waals surface area contributed by atoms with Crippen LogP contribution < -0.4 is 5.73 Å². The van der Waals surface area contributed by atoms with Crippen molar-refractivity contribution in [3.63, 3.8) is 0 Å². The van der Waals surface area contributed by atoms with Crippen molar-refractivity contribution in [2.24, 2.45) is 5.92 Å². The van der Waals surface area contributed by atoms with E-state index in [0.717, 1.165) is 5.92 Å². The first-order chi connectivity index (χ1) is 6.86. The second kappa shape index (κ2) is 3.13. The van der Waals surface area contributed by atoms with Crippen LogP contribution in [0, 0.1) is 5.92 Å². The van der Waals surface area contributed by atoms with Gasteiger partial charge in [-0.3, -0.25) is 0 Å². The average Bonchev–Trinajstić information content (AvgIpc) is 2.67. The molecule has 76 valence electrons. The third-order valence-corrected chi connectivity index (χ3v) is 3.86. The number of allylic oxidation sites excluding steroid dienone is 4. The van der Waals surface area contributed by atoms with E-state index in [4.69, 9.17) is 0 Å². The summed E-state index contributed by atoms with van der Waals surface area (Å²) in [6.07, 6.45) is 10.4. The molecule has 0 spiro atoms. The first-order valence-electron chi connectivity index (χ1n) is 5.88. The molecule has 0 aromatic carbocycles. The average molecular weight is 191 g/mol. The zero-order valence-corrected chi connectivity index (χ0v) is 8.76. The SMILES string of the molecule is [NH3+]C1=C2CCCN2C2=CCCC[C@H]2C1. The van der Waals surface area contributed by atoms with E-state index in [2.05, 4.69) is 16.7 Å². The van der Waals surface area contributed by atoms with Gasteiger partial charge in [0.15, 0.2) is 0 Å². The highest BCUT2D eigenvalue weighted by molar-refractivity contribution is 5.27. The molecular formula is C12H19N2+. The molecular weight excluding hydrogens is 172 g/mol. The predicted octanol–water partition coefficient (Wildman–Crippen LogP) is 1.62. The predicted molar refractivity (Wildman–Crippen MR) is 55.9 cm³/mol. The van der Waals surface area contributed by atoms with E-state index in [9.17, 15) is 0 Å². The molecule has 1 aliphatic carbocycles. The lowest BCUT2D eigenvalue weighted by Gasteiger charge is -2.36. The van der Waals surface area contributed by atoms with Gasteiger partial charge in [-0.05, 0) is 32.1 Å². The van der Waals surface area contributed by atoms with Crippen LogP contribution in [0.2, 0.25) is 0 Å². The van der Waals surface area contributed by atoms with Gasteiger partial charge in [0.1, 0.15) is 5.70 Å². The van der Waals surface area contributed by atoms with Crippen LogP contribution in [-0.2, 0) is 0 Å². The fourth-order valence-electron chi connectivity index (χ4n) is 3.21. The summed E-state index contributed by atoms with van der Waals surface area (Å²) >= 11 is 0. The molecule has 14 heavy (non-hydrogen) atoms. The number of quaternary nitrogens is 1. The highest BCUT2D eigenvalue weighted by Gasteiger charge is 2.35. The lowest BCUT2D eigenvalue weighted by molar-refractivity contribution is -0.313. The standard InChI is InChI=1S/C12H18N2/c13-10-8-9-4-1-2-5-11(9)14-7-3-6-12(10)14/h5,9H,1-4,6-8,13H2/p+1/t9-/m0/s1. The quantitative estimate of drug-likeness (QED) is 0.620. The van der Waals surface area contributed by atoms with Gasteiger partial charge in [0, 0.05) is 24.6 Å². The van der Waals surface area contributed by atoms with Crippen LogP contribution in [-0.4, -0.2) is 11.4 Å². The Labute approximate surface area is 85.5 Å². The molecule has 2 heteroatoms. The van der Waals surface area contributed by atoms with Crippen molar-refractivity contribution >= 4 is 0 Å². The van der Waals surface area contributed by atoms with Crippen molar-refractivity contribution in [2.75, 3.05) is 6.54 Å². The van der Waals surface area contributed by atoms with E-state index in [1.54, 1.807) is 11.4 Å². The molecule has 3 aliphatic rings. The number of hydrogen-bond donors (Lipinski definition) is 1. The Morgan fingerprint density at radius 3 is 3.21 bits per heavy atom. The van der Waals surface area contributed by atoms with Crippen LogP contribution in [0.25, 0.3) is 0 Å². The summed E-state index contributed by atoms with van der Waals surface area (Å²) in [6.45, 7) is 1.25. The zero-order valence-electron chi connectivity index (χ0n) is 8.76. The Bertz CT molecular complexity index is 314. The highest BCUT2D eigenvalue weighted by Crippen LogP contribution is 2.41. The van der Waals surface area contributed by atoms with Crippen molar-refractivity contribution in [1.82, 2.24) is 4.90 Å². The Balaban J connectivity index is 2.01. The zero-order chi connectivity index (χ0) is 9.54. The summed E-state index contributed by atoms with van der Waals surface area (Å²) in [5, 5.41) is 0. The van der Waals surface area contributed by atoms with Crippen LogP contribution in [0.1, 0.15) is 38.5 Å².